The number of carbonyl (C=O) groups excluding carboxylic acids is 2. The zero-order valence-electron chi connectivity index (χ0n) is 11.0. The Bertz CT molecular complexity index is 376. The van der Waals surface area contributed by atoms with Crippen molar-refractivity contribution in [2.45, 2.75) is 33.8 Å². The third-order valence-corrected chi connectivity index (χ3v) is 1.66. The van der Waals surface area contributed by atoms with E-state index in [1.54, 1.807) is 24.3 Å². The first-order valence-corrected chi connectivity index (χ1v) is 5.78. The summed E-state index contributed by atoms with van der Waals surface area (Å²) < 4.78 is 4.60. The van der Waals surface area contributed by atoms with Crippen LogP contribution in [-0.4, -0.2) is 19.6 Å². The SMILES string of the molecule is CCC.[B]C(=O)OCc1ccc(NC(C)=O)cc1. The number of benzene rings is 1. The molecule has 96 valence electrons. The van der Waals surface area contributed by atoms with Crippen LogP contribution in [0.2, 0.25) is 0 Å². The van der Waals surface area contributed by atoms with Gasteiger partial charge in [0.15, 0.2) is 0 Å². The largest absolute Gasteiger partial charge is 0.470 e. The van der Waals surface area contributed by atoms with Gasteiger partial charge in [-0.15, -0.1) is 0 Å². The number of hydrogen-bond acceptors (Lipinski definition) is 3. The van der Waals surface area contributed by atoms with Crippen LogP contribution in [0.25, 0.3) is 0 Å². The van der Waals surface area contributed by atoms with Crippen LogP contribution in [0.15, 0.2) is 24.3 Å². The smallest absolute Gasteiger partial charge is 0.236 e. The highest BCUT2D eigenvalue weighted by Gasteiger charge is 1.98. The molecule has 0 aliphatic carbocycles. The van der Waals surface area contributed by atoms with Gasteiger partial charge < -0.3 is 10.1 Å². The molecule has 0 aliphatic heterocycles. The molecule has 2 radical (unpaired) electrons. The van der Waals surface area contributed by atoms with E-state index in [9.17, 15) is 9.59 Å². The third-order valence-electron chi connectivity index (χ3n) is 1.66. The van der Waals surface area contributed by atoms with Crippen LogP contribution in [0.4, 0.5) is 10.5 Å². The molecular formula is C13H18BNO3. The molecule has 1 N–H and O–H groups in total. The second-order valence-electron chi connectivity index (χ2n) is 3.69. The molecule has 0 fully saturated rings. The Balaban J connectivity index is 0.000000873. The van der Waals surface area contributed by atoms with E-state index in [1.165, 1.54) is 13.3 Å². The quantitative estimate of drug-likeness (QED) is 0.835. The Morgan fingerprint density at radius 3 is 2.11 bits per heavy atom. The number of amides is 1. The summed E-state index contributed by atoms with van der Waals surface area (Å²) in [6, 6.07) is 6.94. The van der Waals surface area contributed by atoms with Gasteiger partial charge in [-0.1, -0.05) is 32.4 Å². The summed E-state index contributed by atoms with van der Waals surface area (Å²) in [5.41, 5.74) is 1.51. The van der Waals surface area contributed by atoms with Gasteiger partial charge in [-0.2, -0.15) is 0 Å². The second kappa shape index (κ2) is 9.28. The maximum absolute atomic E-state index is 10.7. The molecule has 0 bridgehead atoms. The molecule has 1 aromatic carbocycles. The van der Waals surface area contributed by atoms with E-state index in [1.807, 2.05) is 0 Å². The number of anilines is 1. The molecule has 18 heavy (non-hydrogen) atoms. The van der Waals surface area contributed by atoms with Crippen molar-refractivity contribution in [3.63, 3.8) is 0 Å². The fourth-order valence-electron chi connectivity index (χ4n) is 1.04. The maximum Gasteiger partial charge on any atom is 0.236 e. The highest BCUT2D eigenvalue weighted by molar-refractivity contribution is 6.55. The van der Waals surface area contributed by atoms with Crippen molar-refractivity contribution in [1.82, 2.24) is 0 Å². The van der Waals surface area contributed by atoms with Gasteiger partial charge in [-0.3, -0.25) is 9.59 Å². The van der Waals surface area contributed by atoms with Crippen molar-refractivity contribution < 1.29 is 14.3 Å². The summed E-state index contributed by atoms with van der Waals surface area (Å²) in [4.78, 5) is 21.0. The first-order chi connectivity index (χ1) is 8.49. The van der Waals surface area contributed by atoms with Crippen molar-refractivity contribution in [2.75, 3.05) is 5.32 Å². The van der Waals surface area contributed by atoms with E-state index in [-0.39, 0.29) is 12.5 Å². The van der Waals surface area contributed by atoms with Crippen molar-refractivity contribution in [1.29, 1.82) is 0 Å². The summed E-state index contributed by atoms with van der Waals surface area (Å²) in [7, 11) is 4.82. The zero-order valence-corrected chi connectivity index (χ0v) is 11.0. The van der Waals surface area contributed by atoms with Gasteiger partial charge in [-0.25, -0.2) is 0 Å². The Kier molecular flexibility index (Phi) is 8.36. The predicted octanol–water partition coefficient (Wildman–Crippen LogP) is 2.87. The number of carbonyl (C=O) groups is 2. The van der Waals surface area contributed by atoms with Gasteiger partial charge in [0.25, 0.3) is 0 Å². The third kappa shape index (κ3) is 8.39. The number of hydrogen-bond donors (Lipinski definition) is 1. The lowest BCUT2D eigenvalue weighted by Crippen LogP contribution is -2.06. The molecule has 1 aromatic rings. The first-order valence-electron chi connectivity index (χ1n) is 5.78. The van der Waals surface area contributed by atoms with E-state index >= 15 is 0 Å². The van der Waals surface area contributed by atoms with Crippen LogP contribution in [0, 0.1) is 0 Å². The summed E-state index contributed by atoms with van der Waals surface area (Å²) in [5, 5.41) is 2.63. The average molecular weight is 247 g/mol. The minimum Gasteiger partial charge on any atom is -0.470 e. The number of rotatable bonds is 3. The topological polar surface area (TPSA) is 55.4 Å². The normalized spacial score (nSPS) is 8.83. The summed E-state index contributed by atoms with van der Waals surface area (Å²) in [5.74, 6) is -0.933. The molecule has 0 saturated heterocycles. The Morgan fingerprint density at radius 2 is 1.72 bits per heavy atom. The molecule has 0 spiro atoms. The minimum atomic E-state index is -0.805. The standard InChI is InChI=1S/C10H10BNO3.C3H8/c1-7(13)12-9-4-2-8(3-5-9)6-15-10(11)14;1-3-2/h2-5H,6H2,1H3,(H,12,13);3H2,1-2H3. The van der Waals surface area contributed by atoms with Crippen LogP contribution >= 0.6 is 0 Å². The maximum atomic E-state index is 10.7. The molecule has 1 amide bonds. The van der Waals surface area contributed by atoms with Gasteiger partial charge in [0, 0.05) is 12.6 Å². The van der Waals surface area contributed by atoms with Gasteiger partial charge in [0.05, 0.1) is 0 Å². The highest BCUT2D eigenvalue weighted by atomic mass is 16.5. The van der Waals surface area contributed by atoms with E-state index in [4.69, 9.17) is 7.85 Å². The zero-order chi connectivity index (χ0) is 14.0. The lowest BCUT2D eigenvalue weighted by atomic mass is 10.2. The summed E-state index contributed by atoms with van der Waals surface area (Å²) in [6.07, 6.45) is 1.25. The molecule has 0 heterocycles. The molecule has 0 aliphatic rings. The molecule has 0 atom stereocenters. The van der Waals surface area contributed by atoms with Gasteiger partial charge in [-0.05, 0) is 17.7 Å². The summed E-state index contributed by atoms with van der Waals surface area (Å²) >= 11 is 0. The van der Waals surface area contributed by atoms with Crippen molar-refractivity contribution in [2.24, 2.45) is 0 Å². The van der Waals surface area contributed by atoms with Crippen molar-refractivity contribution in [3.05, 3.63) is 29.8 Å². The fraction of sp³-hybridized carbons (Fsp3) is 0.385. The molecule has 0 saturated carbocycles. The van der Waals surface area contributed by atoms with Crippen LogP contribution in [0.3, 0.4) is 0 Å². The Labute approximate surface area is 109 Å². The predicted molar refractivity (Wildman–Crippen MR) is 72.6 cm³/mol. The second-order valence-corrected chi connectivity index (χ2v) is 3.69. The van der Waals surface area contributed by atoms with Crippen molar-refractivity contribution in [3.8, 4) is 0 Å². The van der Waals surface area contributed by atoms with Crippen LogP contribution in [0.5, 0.6) is 0 Å². The molecule has 5 heteroatoms. The minimum absolute atomic E-state index is 0.129. The number of ether oxygens (including phenoxy) is 1. The first kappa shape index (κ1) is 16.2. The Morgan fingerprint density at radius 1 is 1.22 bits per heavy atom. The fourth-order valence-corrected chi connectivity index (χ4v) is 1.04. The molecule has 0 aromatic heterocycles. The summed E-state index contributed by atoms with van der Waals surface area (Å²) in [6.45, 7) is 5.82. The van der Waals surface area contributed by atoms with Crippen LogP contribution in [-0.2, 0) is 16.1 Å². The number of nitrogens with one attached hydrogen (secondary N) is 1. The van der Waals surface area contributed by atoms with Crippen molar-refractivity contribution >= 4 is 25.3 Å². The van der Waals surface area contributed by atoms with E-state index in [0.29, 0.717) is 5.69 Å². The Hall–Kier alpha value is -1.78. The van der Waals surface area contributed by atoms with E-state index in [0.717, 1.165) is 5.56 Å². The van der Waals surface area contributed by atoms with E-state index < -0.39 is 5.87 Å². The highest BCUT2D eigenvalue weighted by Crippen LogP contribution is 2.10. The van der Waals surface area contributed by atoms with Gasteiger partial charge in [0.2, 0.25) is 19.6 Å². The lowest BCUT2D eigenvalue weighted by molar-refractivity contribution is -0.114. The average Bonchev–Trinajstić information content (AvgIpc) is 2.28. The van der Waals surface area contributed by atoms with Crippen LogP contribution in [0.1, 0.15) is 32.8 Å². The van der Waals surface area contributed by atoms with Gasteiger partial charge in [0.1, 0.15) is 6.61 Å². The van der Waals surface area contributed by atoms with E-state index in [2.05, 4.69) is 23.9 Å². The lowest BCUT2D eigenvalue weighted by Gasteiger charge is -2.04. The monoisotopic (exact) mass is 247 g/mol. The molecular weight excluding hydrogens is 229 g/mol. The molecule has 0 unspecified atom stereocenters. The molecule has 4 nitrogen and oxygen atoms in total. The van der Waals surface area contributed by atoms with Gasteiger partial charge >= 0.3 is 0 Å². The molecule has 1 rings (SSSR count). The van der Waals surface area contributed by atoms with Crippen LogP contribution < -0.4 is 5.32 Å².